The van der Waals surface area contributed by atoms with Gasteiger partial charge < -0.3 is 14.8 Å². The third kappa shape index (κ3) is 6.90. The summed E-state index contributed by atoms with van der Waals surface area (Å²) in [6.07, 6.45) is 0. The van der Waals surface area contributed by atoms with Gasteiger partial charge in [0, 0.05) is 33.3 Å². The van der Waals surface area contributed by atoms with Crippen molar-refractivity contribution in [2.45, 2.75) is 22.9 Å². The van der Waals surface area contributed by atoms with Crippen LogP contribution < -0.4 is 14.8 Å². The van der Waals surface area contributed by atoms with Crippen LogP contribution in [0, 0.1) is 0 Å². The maximum Gasteiger partial charge on any atom is 0.243 e. The molecule has 0 unspecified atom stereocenters. The fraction of sp³-hybridized carbons (Fsp3) is 0.269. The number of nitrogens with zero attached hydrogens (tertiary/aromatic N) is 2. The summed E-state index contributed by atoms with van der Waals surface area (Å²) in [5.74, 6) is 0.107. The van der Waals surface area contributed by atoms with Crippen LogP contribution in [0.15, 0.2) is 82.6 Å². The summed E-state index contributed by atoms with van der Waals surface area (Å²) in [6, 6.07) is 19.3. The van der Waals surface area contributed by atoms with Gasteiger partial charge in [0.15, 0.2) is 11.5 Å². The fourth-order valence-electron chi connectivity index (χ4n) is 3.55. The number of hydrogen-bond donors (Lipinski definition) is 1. The molecule has 3 aromatic rings. The Morgan fingerprint density at radius 2 is 1.37 bits per heavy atom. The summed E-state index contributed by atoms with van der Waals surface area (Å²) in [6.45, 7) is -0.364. The van der Waals surface area contributed by atoms with Crippen molar-refractivity contribution >= 4 is 26.0 Å². The van der Waals surface area contributed by atoms with Gasteiger partial charge in [-0.05, 0) is 35.4 Å². The van der Waals surface area contributed by atoms with Crippen molar-refractivity contribution in [1.82, 2.24) is 13.9 Å². The van der Waals surface area contributed by atoms with Crippen molar-refractivity contribution in [3.8, 4) is 11.5 Å². The molecule has 204 valence electrons. The fourth-order valence-corrected chi connectivity index (χ4v) is 5.85. The highest BCUT2D eigenvalue weighted by Crippen LogP contribution is 2.31. The Morgan fingerprint density at radius 3 is 1.95 bits per heavy atom. The number of carbonyl (C=O) groups excluding carboxylic acids is 1. The van der Waals surface area contributed by atoms with Crippen LogP contribution in [0.3, 0.4) is 0 Å². The molecular formula is C26H31N3O7S2. The predicted molar refractivity (Wildman–Crippen MR) is 143 cm³/mol. The minimum absolute atomic E-state index is 0.0258. The van der Waals surface area contributed by atoms with Crippen LogP contribution in [0.5, 0.6) is 11.5 Å². The zero-order valence-electron chi connectivity index (χ0n) is 21.6. The Balaban J connectivity index is 1.79. The van der Waals surface area contributed by atoms with E-state index in [2.05, 4.69) is 5.32 Å². The number of nitrogens with one attached hydrogen (secondary N) is 1. The molecule has 0 spiro atoms. The van der Waals surface area contributed by atoms with E-state index in [4.69, 9.17) is 9.47 Å². The van der Waals surface area contributed by atoms with E-state index >= 15 is 0 Å². The minimum Gasteiger partial charge on any atom is -0.493 e. The summed E-state index contributed by atoms with van der Waals surface area (Å²) in [7, 11) is -1.92. The molecule has 0 atom stereocenters. The number of benzene rings is 3. The van der Waals surface area contributed by atoms with Crippen LogP contribution in [-0.4, -0.2) is 66.2 Å². The van der Waals surface area contributed by atoms with Crippen LogP contribution in [-0.2, 0) is 37.9 Å². The summed E-state index contributed by atoms with van der Waals surface area (Å²) in [5.41, 5.74) is 1.37. The first-order valence-corrected chi connectivity index (χ1v) is 14.4. The van der Waals surface area contributed by atoms with Gasteiger partial charge in [0.2, 0.25) is 26.0 Å². The Bertz CT molecular complexity index is 1460. The summed E-state index contributed by atoms with van der Waals surface area (Å²) >= 11 is 0. The average Bonchev–Trinajstić information content (AvgIpc) is 2.91. The zero-order chi connectivity index (χ0) is 27.9. The molecule has 1 N–H and O–H groups in total. The molecule has 0 heterocycles. The SMILES string of the molecule is COc1ccc(S(=O)(=O)N(CC(=O)NCc2ccc(S(=O)(=O)N(C)C)cc2)Cc2ccccc2)cc1OC. The monoisotopic (exact) mass is 561 g/mol. The minimum atomic E-state index is -4.10. The predicted octanol–water partition coefficient (Wildman–Crippen LogP) is 2.46. The molecule has 10 nitrogen and oxygen atoms in total. The van der Waals surface area contributed by atoms with Gasteiger partial charge in [-0.1, -0.05) is 42.5 Å². The van der Waals surface area contributed by atoms with E-state index in [1.54, 1.807) is 36.4 Å². The number of rotatable bonds is 12. The van der Waals surface area contributed by atoms with Gasteiger partial charge in [-0.2, -0.15) is 4.31 Å². The highest BCUT2D eigenvalue weighted by atomic mass is 32.2. The van der Waals surface area contributed by atoms with Crippen molar-refractivity contribution in [2.75, 3.05) is 34.9 Å². The Morgan fingerprint density at radius 1 is 0.763 bits per heavy atom. The van der Waals surface area contributed by atoms with E-state index in [-0.39, 0.29) is 28.6 Å². The first-order chi connectivity index (χ1) is 18.0. The summed E-state index contributed by atoms with van der Waals surface area (Å²) in [5, 5.41) is 2.71. The van der Waals surface area contributed by atoms with Crippen molar-refractivity contribution in [1.29, 1.82) is 0 Å². The van der Waals surface area contributed by atoms with Crippen molar-refractivity contribution in [3.63, 3.8) is 0 Å². The van der Waals surface area contributed by atoms with Crippen molar-refractivity contribution in [2.24, 2.45) is 0 Å². The molecule has 0 aliphatic carbocycles. The standard InChI is InChI=1S/C26H31N3O7S2/c1-28(2)37(31,32)22-12-10-20(11-13-22)17-27-26(30)19-29(18-21-8-6-5-7-9-21)38(33,34)23-14-15-24(35-3)25(16-23)36-4/h5-16H,17-19H2,1-4H3,(H,27,30). The van der Waals surface area contributed by atoms with Gasteiger partial charge in [0.1, 0.15) is 0 Å². The van der Waals surface area contributed by atoms with Crippen LogP contribution in [0.1, 0.15) is 11.1 Å². The van der Waals surface area contributed by atoms with Gasteiger partial charge in [-0.3, -0.25) is 4.79 Å². The topological polar surface area (TPSA) is 122 Å². The van der Waals surface area contributed by atoms with Gasteiger partial charge in [0.25, 0.3) is 0 Å². The smallest absolute Gasteiger partial charge is 0.243 e. The molecular weight excluding hydrogens is 530 g/mol. The summed E-state index contributed by atoms with van der Waals surface area (Å²) in [4.78, 5) is 13.0. The van der Waals surface area contributed by atoms with E-state index in [1.807, 2.05) is 6.07 Å². The van der Waals surface area contributed by atoms with Crippen LogP contribution in [0.25, 0.3) is 0 Å². The quantitative estimate of drug-likeness (QED) is 0.360. The molecule has 0 aromatic heterocycles. The normalized spacial score (nSPS) is 11.9. The maximum absolute atomic E-state index is 13.6. The van der Waals surface area contributed by atoms with Crippen LogP contribution in [0.4, 0.5) is 0 Å². The molecule has 38 heavy (non-hydrogen) atoms. The average molecular weight is 562 g/mol. The first-order valence-electron chi connectivity index (χ1n) is 11.5. The molecule has 0 aliphatic heterocycles. The molecule has 12 heteroatoms. The lowest BCUT2D eigenvalue weighted by atomic mass is 10.2. The second kappa shape index (κ2) is 12.4. The lowest BCUT2D eigenvalue weighted by molar-refractivity contribution is -0.121. The second-order valence-corrected chi connectivity index (χ2v) is 12.6. The molecule has 3 rings (SSSR count). The molecule has 0 saturated heterocycles. The van der Waals surface area contributed by atoms with E-state index in [1.165, 1.54) is 58.6 Å². The number of ether oxygens (including phenoxy) is 2. The van der Waals surface area contributed by atoms with Crippen molar-refractivity contribution in [3.05, 3.63) is 83.9 Å². The van der Waals surface area contributed by atoms with Crippen molar-refractivity contribution < 1.29 is 31.1 Å². The van der Waals surface area contributed by atoms with E-state index < -0.39 is 32.5 Å². The number of carbonyl (C=O) groups is 1. The molecule has 0 fully saturated rings. The first kappa shape index (κ1) is 29.1. The van der Waals surface area contributed by atoms with Crippen LogP contribution in [0.2, 0.25) is 0 Å². The number of hydrogen-bond acceptors (Lipinski definition) is 7. The third-order valence-corrected chi connectivity index (χ3v) is 9.32. The molecule has 0 bridgehead atoms. The van der Waals surface area contributed by atoms with Gasteiger partial charge in [-0.25, -0.2) is 21.1 Å². The van der Waals surface area contributed by atoms with Gasteiger partial charge >= 0.3 is 0 Å². The lowest BCUT2D eigenvalue weighted by Gasteiger charge is -2.22. The second-order valence-electron chi connectivity index (χ2n) is 8.48. The van der Waals surface area contributed by atoms with Crippen LogP contribution >= 0.6 is 0 Å². The largest absolute Gasteiger partial charge is 0.493 e. The Kier molecular flexibility index (Phi) is 9.50. The highest BCUT2D eigenvalue weighted by Gasteiger charge is 2.28. The molecule has 0 saturated carbocycles. The van der Waals surface area contributed by atoms with Gasteiger partial charge in [-0.15, -0.1) is 0 Å². The Hall–Kier alpha value is -3.45. The Labute approximate surface area is 223 Å². The molecule has 0 radical (unpaired) electrons. The number of amides is 1. The number of sulfonamides is 2. The zero-order valence-corrected chi connectivity index (χ0v) is 23.3. The maximum atomic E-state index is 13.6. The third-order valence-electron chi connectivity index (χ3n) is 5.71. The number of methoxy groups -OCH3 is 2. The van der Waals surface area contributed by atoms with Gasteiger partial charge in [0.05, 0.1) is 30.6 Å². The highest BCUT2D eigenvalue weighted by molar-refractivity contribution is 7.89. The van der Waals surface area contributed by atoms with E-state index in [0.29, 0.717) is 16.9 Å². The lowest BCUT2D eigenvalue weighted by Crippen LogP contribution is -2.40. The molecule has 1 amide bonds. The molecule has 3 aromatic carbocycles. The summed E-state index contributed by atoms with van der Waals surface area (Å²) < 4.78 is 64.3. The van der Waals surface area contributed by atoms with E-state index in [0.717, 1.165) is 8.61 Å². The van der Waals surface area contributed by atoms with E-state index in [9.17, 15) is 21.6 Å². The molecule has 0 aliphatic rings.